The third-order valence-corrected chi connectivity index (χ3v) is 3.51. The maximum atomic E-state index is 10.9. The van der Waals surface area contributed by atoms with Crippen molar-refractivity contribution in [3.8, 4) is 11.5 Å². The number of carboxylic acids is 1. The molecule has 1 aromatic carbocycles. The second-order valence-corrected chi connectivity index (χ2v) is 4.93. The first-order valence-electron chi connectivity index (χ1n) is 6.76. The minimum absolute atomic E-state index is 0.402. The molecule has 1 aromatic heterocycles. The highest BCUT2D eigenvalue weighted by molar-refractivity contribution is 5.74. The number of carbonyl (C=O) groups is 1. The summed E-state index contributed by atoms with van der Waals surface area (Å²) in [7, 11) is 0. The van der Waals surface area contributed by atoms with Gasteiger partial charge in [-0.25, -0.2) is 9.78 Å². The molecule has 1 unspecified atom stereocenters. The molecule has 1 aliphatic rings. The van der Waals surface area contributed by atoms with E-state index in [2.05, 4.69) is 4.98 Å². The Bertz CT molecular complexity index is 665. The highest BCUT2D eigenvalue weighted by atomic mass is 16.5. The zero-order valence-electron chi connectivity index (χ0n) is 11.7. The molecule has 0 spiro atoms. The fourth-order valence-electron chi connectivity index (χ4n) is 2.34. The number of aromatic nitrogens is 2. The standard InChI is InChI=1S/C15H16N2O4/c1-10-16-4-5-17(10)6-7-20-12-3-2-11-8-14(15(18)19)21-13(11)9-12/h2-5,9,14H,6-8H2,1H3,(H,18,19). The number of hydrogen-bond acceptors (Lipinski definition) is 4. The van der Waals surface area contributed by atoms with Crippen molar-refractivity contribution in [2.75, 3.05) is 6.61 Å². The van der Waals surface area contributed by atoms with Gasteiger partial charge in [0.2, 0.25) is 0 Å². The predicted octanol–water partition coefficient (Wildman–Crippen LogP) is 1.66. The second-order valence-electron chi connectivity index (χ2n) is 4.93. The molecule has 1 aliphatic heterocycles. The molecule has 0 aliphatic carbocycles. The monoisotopic (exact) mass is 288 g/mol. The molecule has 0 amide bonds. The van der Waals surface area contributed by atoms with Gasteiger partial charge in [0.15, 0.2) is 6.10 Å². The molecule has 0 bridgehead atoms. The van der Waals surface area contributed by atoms with Crippen molar-refractivity contribution in [2.24, 2.45) is 0 Å². The van der Waals surface area contributed by atoms with E-state index in [-0.39, 0.29) is 0 Å². The van der Waals surface area contributed by atoms with Gasteiger partial charge in [-0.15, -0.1) is 0 Å². The first-order chi connectivity index (χ1) is 10.1. The second kappa shape index (κ2) is 5.47. The largest absolute Gasteiger partial charge is 0.492 e. The van der Waals surface area contributed by atoms with Crippen LogP contribution in [0.3, 0.4) is 0 Å². The fourth-order valence-corrected chi connectivity index (χ4v) is 2.34. The van der Waals surface area contributed by atoms with Crippen molar-refractivity contribution in [1.29, 1.82) is 0 Å². The first kappa shape index (κ1) is 13.5. The number of carboxylic acid groups (broad SMARTS) is 1. The number of hydrogen-bond donors (Lipinski definition) is 1. The lowest BCUT2D eigenvalue weighted by molar-refractivity contribution is -0.144. The van der Waals surface area contributed by atoms with E-state index in [1.165, 1.54) is 0 Å². The average molecular weight is 288 g/mol. The van der Waals surface area contributed by atoms with Gasteiger partial charge < -0.3 is 19.1 Å². The van der Waals surface area contributed by atoms with Crippen LogP contribution in [-0.2, 0) is 17.8 Å². The van der Waals surface area contributed by atoms with Crippen LogP contribution in [0.1, 0.15) is 11.4 Å². The number of imidazole rings is 1. The van der Waals surface area contributed by atoms with Gasteiger partial charge in [-0.1, -0.05) is 6.07 Å². The topological polar surface area (TPSA) is 73.6 Å². The summed E-state index contributed by atoms with van der Waals surface area (Å²) in [5.41, 5.74) is 0.903. The van der Waals surface area contributed by atoms with Crippen LogP contribution in [0.4, 0.5) is 0 Å². The Hall–Kier alpha value is -2.50. The minimum Gasteiger partial charge on any atom is -0.492 e. The Morgan fingerprint density at radius 1 is 1.57 bits per heavy atom. The Kier molecular flexibility index (Phi) is 3.51. The van der Waals surface area contributed by atoms with Crippen LogP contribution in [0.25, 0.3) is 0 Å². The van der Waals surface area contributed by atoms with Gasteiger partial charge >= 0.3 is 5.97 Å². The SMILES string of the molecule is Cc1nccn1CCOc1ccc2c(c1)OC(C(=O)O)C2. The number of ether oxygens (including phenoxy) is 2. The molecule has 0 radical (unpaired) electrons. The molecular weight excluding hydrogens is 272 g/mol. The summed E-state index contributed by atoms with van der Waals surface area (Å²) >= 11 is 0. The predicted molar refractivity (Wildman–Crippen MR) is 74.7 cm³/mol. The molecule has 0 saturated heterocycles. The van der Waals surface area contributed by atoms with Crippen LogP contribution in [0, 0.1) is 6.92 Å². The summed E-state index contributed by atoms with van der Waals surface area (Å²) in [6.07, 6.45) is 3.27. The van der Waals surface area contributed by atoms with Gasteiger partial charge in [-0.05, 0) is 18.6 Å². The Balaban J connectivity index is 1.60. The van der Waals surface area contributed by atoms with E-state index < -0.39 is 12.1 Å². The number of benzene rings is 1. The third kappa shape index (κ3) is 2.84. The van der Waals surface area contributed by atoms with Crippen LogP contribution in [0.2, 0.25) is 0 Å². The lowest BCUT2D eigenvalue weighted by Gasteiger charge is -2.09. The quantitative estimate of drug-likeness (QED) is 0.905. The normalized spacial score (nSPS) is 16.3. The number of aryl methyl sites for hydroxylation is 1. The number of nitrogens with zero attached hydrogens (tertiary/aromatic N) is 2. The maximum Gasteiger partial charge on any atom is 0.345 e. The van der Waals surface area contributed by atoms with Crippen molar-refractivity contribution >= 4 is 5.97 Å². The minimum atomic E-state index is -0.941. The van der Waals surface area contributed by atoms with Crippen LogP contribution in [-0.4, -0.2) is 33.3 Å². The molecule has 1 atom stereocenters. The lowest BCUT2D eigenvalue weighted by atomic mass is 10.1. The van der Waals surface area contributed by atoms with Gasteiger partial charge in [0.05, 0.1) is 6.54 Å². The van der Waals surface area contributed by atoms with E-state index >= 15 is 0 Å². The molecule has 110 valence electrons. The molecule has 1 N–H and O–H groups in total. The molecular formula is C15H16N2O4. The third-order valence-electron chi connectivity index (χ3n) is 3.51. The van der Waals surface area contributed by atoms with Crippen molar-refractivity contribution in [3.05, 3.63) is 42.0 Å². The van der Waals surface area contributed by atoms with Gasteiger partial charge in [0.1, 0.15) is 23.9 Å². The van der Waals surface area contributed by atoms with E-state index in [0.29, 0.717) is 31.1 Å². The summed E-state index contributed by atoms with van der Waals surface area (Å²) in [5.74, 6) is 1.28. The zero-order valence-corrected chi connectivity index (χ0v) is 11.7. The number of rotatable bonds is 5. The molecule has 3 rings (SSSR count). The molecule has 0 fully saturated rings. The Morgan fingerprint density at radius 3 is 3.14 bits per heavy atom. The van der Waals surface area contributed by atoms with Crippen LogP contribution < -0.4 is 9.47 Å². The summed E-state index contributed by atoms with van der Waals surface area (Å²) in [6, 6.07) is 5.45. The van der Waals surface area contributed by atoms with E-state index in [1.807, 2.05) is 29.8 Å². The fraction of sp³-hybridized carbons (Fsp3) is 0.333. The molecule has 6 heteroatoms. The van der Waals surface area contributed by atoms with E-state index in [1.54, 1.807) is 12.3 Å². The van der Waals surface area contributed by atoms with Gasteiger partial charge in [-0.3, -0.25) is 0 Å². The van der Waals surface area contributed by atoms with Crippen molar-refractivity contribution < 1.29 is 19.4 Å². The van der Waals surface area contributed by atoms with Gasteiger partial charge in [0, 0.05) is 24.9 Å². The molecule has 0 saturated carbocycles. The van der Waals surface area contributed by atoms with Crippen LogP contribution >= 0.6 is 0 Å². The van der Waals surface area contributed by atoms with Crippen molar-refractivity contribution in [1.82, 2.24) is 9.55 Å². The summed E-state index contributed by atoms with van der Waals surface area (Å²) < 4.78 is 13.1. The van der Waals surface area contributed by atoms with Crippen LogP contribution in [0.5, 0.6) is 11.5 Å². The highest BCUT2D eigenvalue weighted by Crippen LogP contribution is 2.32. The van der Waals surface area contributed by atoms with Crippen molar-refractivity contribution in [2.45, 2.75) is 26.0 Å². The first-order valence-corrected chi connectivity index (χ1v) is 6.76. The Labute approximate surface area is 121 Å². The zero-order chi connectivity index (χ0) is 14.8. The summed E-state index contributed by atoms with van der Waals surface area (Å²) in [4.78, 5) is 15.1. The molecule has 6 nitrogen and oxygen atoms in total. The average Bonchev–Trinajstić information content (AvgIpc) is 3.05. The van der Waals surface area contributed by atoms with E-state index in [9.17, 15) is 4.79 Å². The maximum absolute atomic E-state index is 10.9. The van der Waals surface area contributed by atoms with Gasteiger partial charge in [-0.2, -0.15) is 0 Å². The number of fused-ring (bicyclic) bond motifs is 1. The molecule has 2 aromatic rings. The van der Waals surface area contributed by atoms with Crippen LogP contribution in [0.15, 0.2) is 30.6 Å². The Morgan fingerprint density at radius 2 is 2.43 bits per heavy atom. The van der Waals surface area contributed by atoms with Crippen molar-refractivity contribution in [3.63, 3.8) is 0 Å². The smallest absolute Gasteiger partial charge is 0.345 e. The van der Waals surface area contributed by atoms with E-state index in [0.717, 1.165) is 11.4 Å². The van der Waals surface area contributed by atoms with Gasteiger partial charge in [0.25, 0.3) is 0 Å². The lowest BCUT2D eigenvalue weighted by Crippen LogP contribution is -2.24. The summed E-state index contributed by atoms with van der Waals surface area (Å²) in [6.45, 7) is 3.16. The summed E-state index contributed by atoms with van der Waals surface area (Å²) in [5, 5.41) is 8.96. The highest BCUT2D eigenvalue weighted by Gasteiger charge is 2.28. The van der Waals surface area contributed by atoms with E-state index in [4.69, 9.17) is 14.6 Å². The molecule has 2 heterocycles. The molecule has 21 heavy (non-hydrogen) atoms. The number of aliphatic carboxylic acids is 1.